The van der Waals surface area contributed by atoms with Gasteiger partial charge < -0.3 is 10.1 Å². The van der Waals surface area contributed by atoms with E-state index >= 15 is 0 Å². The molecule has 0 saturated heterocycles. The van der Waals surface area contributed by atoms with Crippen molar-refractivity contribution in [2.45, 2.75) is 12.5 Å². The van der Waals surface area contributed by atoms with E-state index in [1.54, 1.807) is 6.20 Å². The Morgan fingerprint density at radius 1 is 1.80 bits per heavy atom. The van der Waals surface area contributed by atoms with Gasteiger partial charge in [-0.15, -0.1) is 0 Å². The summed E-state index contributed by atoms with van der Waals surface area (Å²) in [7, 11) is 3.34. The van der Waals surface area contributed by atoms with Gasteiger partial charge >= 0.3 is 0 Å². The minimum atomic E-state index is -0.315. The molecule has 0 radical (unpaired) electrons. The topological polar surface area (TPSA) is 45.0 Å². The first-order valence-electron chi connectivity index (χ1n) is 3.09. The van der Waals surface area contributed by atoms with Crippen LogP contribution in [0.4, 0.5) is 0 Å². The molecule has 0 aliphatic rings. The number of rotatable bonds is 4. The van der Waals surface area contributed by atoms with Gasteiger partial charge in [0, 0.05) is 20.6 Å². The minimum Gasteiger partial charge on any atom is -0.394 e. The molecule has 0 spiro atoms. The number of hydrogen-bond acceptors (Lipinski definition) is 3. The number of methoxy groups -OCH3 is 1. The summed E-state index contributed by atoms with van der Waals surface area (Å²) < 4.78 is 4.81. The van der Waals surface area contributed by atoms with Gasteiger partial charge in [-0.3, -0.25) is 0 Å². The van der Waals surface area contributed by atoms with Crippen molar-refractivity contribution in [2.24, 2.45) is 0 Å². The van der Waals surface area contributed by atoms with Gasteiger partial charge in [-0.1, -0.05) is 6.08 Å². The average molecular weight is 140 g/mol. The normalized spacial score (nSPS) is 12.9. The van der Waals surface area contributed by atoms with Crippen molar-refractivity contribution >= 4 is 0 Å². The molecule has 1 unspecified atom stereocenters. The van der Waals surface area contributed by atoms with Gasteiger partial charge in [0.25, 0.3) is 0 Å². The summed E-state index contributed by atoms with van der Waals surface area (Å²) in [4.78, 5) is 0. The smallest absolute Gasteiger partial charge is 0.147 e. The maximum absolute atomic E-state index is 8.40. The maximum atomic E-state index is 8.40. The fourth-order valence-corrected chi connectivity index (χ4v) is 0.511. The second-order valence-corrected chi connectivity index (χ2v) is 1.78. The van der Waals surface area contributed by atoms with Crippen LogP contribution in [0.2, 0.25) is 0 Å². The molecule has 3 nitrogen and oxygen atoms in total. The molecule has 0 saturated carbocycles. The Hall–Kier alpha value is -1.01. The van der Waals surface area contributed by atoms with Gasteiger partial charge in [-0.05, 0) is 6.20 Å². The largest absolute Gasteiger partial charge is 0.394 e. The minimum absolute atomic E-state index is 0.315. The molecule has 1 atom stereocenters. The Bertz CT molecular complexity index is 137. The van der Waals surface area contributed by atoms with Crippen LogP contribution in [0, 0.1) is 11.3 Å². The van der Waals surface area contributed by atoms with Crippen molar-refractivity contribution in [3.63, 3.8) is 0 Å². The highest BCUT2D eigenvalue weighted by Gasteiger charge is 1.99. The SMILES string of the molecule is CN/C=C\CC(C#N)OC. The van der Waals surface area contributed by atoms with Crippen molar-refractivity contribution in [1.29, 1.82) is 5.26 Å². The first kappa shape index (κ1) is 8.99. The molecule has 1 N–H and O–H groups in total. The molecule has 0 rings (SSSR count). The Labute approximate surface area is 61.3 Å². The highest BCUT2D eigenvalue weighted by Crippen LogP contribution is 1.94. The third-order valence-corrected chi connectivity index (χ3v) is 1.06. The van der Waals surface area contributed by atoms with Crippen molar-refractivity contribution in [1.82, 2.24) is 5.32 Å². The molecule has 3 heteroatoms. The van der Waals surface area contributed by atoms with E-state index in [9.17, 15) is 0 Å². The molecule has 0 bridgehead atoms. The molecular weight excluding hydrogens is 128 g/mol. The van der Waals surface area contributed by atoms with E-state index in [0.717, 1.165) is 0 Å². The van der Waals surface area contributed by atoms with Crippen molar-refractivity contribution in [3.8, 4) is 6.07 Å². The number of nitrogens with one attached hydrogen (secondary N) is 1. The quantitative estimate of drug-likeness (QED) is 0.623. The molecule has 56 valence electrons. The predicted molar refractivity (Wildman–Crippen MR) is 39.2 cm³/mol. The lowest BCUT2D eigenvalue weighted by atomic mass is 10.3. The second kappa shape index (κ2) is 6.12. The molecule has 0 aromatic rings. The zero-order chi connectivity index (χ0) is 7.82. The predicted octanol–water partition coefficient (Wildman–Crippen LogP) is 0.648. The van der Waals surface area contributed by atoms with Crippen molar-refractivity contribution in [3.05, 3.63) is 12.3 Å². The summed E-state index contributed by atoms with van der Waals surface area (Å²) in [6.07, 6.45) is 3.96. The Balaban J connectivity index is 3.46. The van der Waals surface area contributed by atoms with E-state index in [1.807, 2.05) is 19.2 Å². The molecule has 10 heavy (non-hydrogen) atoms. The van der Waals surface area contributed by atoms with E-state index in [4.69, 9.17) is 10.00 Å². The highest BCUT2D eigenvalue weighted by molar-refractivity contribution is 4.91. The van der Waals surface area contributed by atoms with Crippen LogP contribution in [0.25, 0.3) is 0 Å². The molecule has 0 aliphatic carbocycles. The fourth-order valence-electron chi connectivity index (χ4n) is 0.511. The highest BCUT2D eigenvalue weighted by atomic mass is 16.5. The molecular formula is C7H12N2O. The third kappa shape index (κ3) is 3.93. The first-order chi connectivity index (χ1) is 4.85. The lowest BCUT2D eigenvalue weighted by Gasteiger charge is -2.00. The van der Waals surface area contributed by atoms with Crippen LogP contribution in [0.1, 0.15) is 6.42 Å². The molecule has 0 aromatic heterocycles. The summed E-state index contributed by atoms with van der Waals surface area (Å²) in [5.74, 6) is 0. The van der Waals surface area contributed by atoms with Crippen LogP contribution >= 0.6 is 0 Å². The summed E-state index contributed by atoms with van der Waals surface area (Å²) in [6, 6.07) is 2.01. The van der Waals surface area contributed by atoms with Crippen LogP contribution in [-0.2, 0) is 4.74 Å². The lowest BCUT2D eigenvalue weighted by molar-refractivity contribution is 0.149. The lowest BCUT2D eigenvalue weighted by Crippen LogP contribution is -2.05. The molecule has 0 aromatic carbocycles. The molecule has 0 heterocycles. The summed E-state index contributed by atoms with van der Waals surface area (Å²) in [5.41, 5.74) is 0. The summed E-state index contributed by atoms with van der Waals surface area (Å²) >= 11 is 0. The zero-order valence-corrected chi connectivity index (χ0v) is 6.29. The van der Waals surface area contributed by atoms with Crippen LogP contribution in [0.3, 0.4) is 0 Å². The fraction of sp³-hybridized carbons (Fsp3) is 0.571. The zero-order valence-electron chi connectivity index (χ0n) is 6.29. The van der Waals surface area contributed by atoms with E-state index in [1.165, 1.54) is 7.11 Å². The van der Waals surface area contributed by atoms with Gasteiger partial charge in [0.2, 0.25) is 0 Å². The standard InChI is InChI=1S/C7H12N2O/c1-9-5-3-4-7(6-8)10-2/h3,5,7,9H,4H2,1-2H3/b5-3-. The van der Waals surface area contributed by atoms with E-state index in [0.29, 0.717) is 6.42 Å². The number of hydrogen-bond donors (Lipinski definition) is 1. The molecule has 0 aliphatic heterocycles. The van der Waals surface area contributed by atoms with Gasteiger partial charge in [0.05, 0.1) is 6.07 Å². The Morgan fingerprint density at radius 2 is 2.50 bits per heavy atom. The van der Waals surface area contributed by atoms with Crippen LogP contribution in [0.5, 0.6) is 0 Å². The van der Waals surface area contributed by atoms with Gasteiger partial charge in [-0.2, -0.15) is 5.26 Å². The van der Waals surface area contributed by atoms with Crippen LogP contribution in [-0.4, -0.2) is 20.3 Å². The first-order valence-corrected chi connectivity index (χ1v) is 3.09. The maximum Gasteiger partial charge on any atom is 0.147 e. The van der Waals surface area contributed by atoms with Crippen molar-refractivity contribution < 1.29 is 4.74 Å². The third-order valence-electron chi connectivity index (χ3n) is 1.06. The molecule has 0 fully saturated rings. The van der Waals surface area contributed by atoms with Crippen molar-refractivity contribution in [2.75, 3.05) is 14.2 Å². The van der Waals surface area contributed by atoms with Gasteiger partial charge in [0.15, 0.2) is 0 Å². The molecule has 0 amide bonds. The van der Waals surface area contributed by atoms with Crippen LogP contribution in [0.15, 0.2) is 12.3 Å². The summed E-state index contributed by atoms with van der Waals surface area (Å²) in [6.45, 7) is 0. The number of nitrogens with zero attached hydrogens (tertiary/aromatic N) is 1. The average Bonchev–Trinajstić information content (AvgIpc) is 1.99. The summed E-state index contributed by atoms with van der Waals surface area (Å²) in [5, 5.41) is 11.2. The van der Waals surface area contributed by atoms with E-state index in [2.05, 4.69) is 5.32 Å². The van der Waals surface area contributed by atoms with Gasteiger partial charge in [0.1, 0.15) is 6.10 Å². The number of nitriles is 1. The van der Waals surface area contributed by atoms with Crippen LogP contribution < -0.4 is 5.32 Å². The number of ether oxygens (including phenoxy) is 1. The Morgan fingerprint density at radius 3 is 2.90 bits per heavy atom. The van der Waals surface area contributed by atoms with E-state index < -0.39 is 0 Å². The Kier molecular flexibility index (Phi) is 5.50. The van der Waals surface area contributed by atoms with E-state index in [-0.39, 0.29) is 6.10 Å². The second-order valence-electron chi connectivity index (χ2n) is 1.78. The van der Waals surface area contributed by atoms with Gasteiger partial charge in [-0.25, -0.2) is 0 Å². The monoisotopic (exact) mass is 140 g/mol.